The van der Waals surface area contributed by atoms with E-state index in [0.717, 1.165) is 4.88 Å². The smallest absolute Gasteiger partial charge is 0.326 e. The minimum absolute atomic E-state index is 0.203. The zero-order valence-corrected chi connectivity index (χ0v) is 17.3. The number of aryl methyl sites for hydroxylation is 1. The van der Waals surface area contributed by atoms with Crippen molar-refractivity contribution in [3.8, 4) is 0 Å². The summed E-state index contributed by atoms with van der Waals surface area (Å²) < 4.78 is 0. The van der Waals surface area contributed by atoms with Crippen molar-refractivity contribution in [2.75, 3.05) is 5.32 Å². The Labute approximate surface area is 180 Å². The van der Waals surface area contributed by atoms with Crippen LogP contribution in [0, 0.1) is 6.92 Å². The fraction of sp³-hybridized carbons (Fsp3) is 0.250. The summed E-state index contributed by atoms with van der Waals surface area (Å²) in [5.74, 6) is -2.46. The van der Waals surface area contributed by atoms with Gasteiger partial charge in [0, 0.05) is 23.5 Å². The van der Waals surface area contributed by atoms with Crippen molar-refractivity contribution in [1.29, 1.82) is 0 Å². The highest BCUT2D eigenvalue weighted by Crippen LogP contribution is 2.20. The monoisotopic (exact) mass is 444 g/mol. The molecule has 5 N–H and O–H groups in total. The number of aromatic nitrogens is 2. The first-order valence-corrected chi connectivity index (χ1v) is 10.1. The lowest BCUT2D eigenvalue weighted by Crippen LogP contribution is -2.40. The van der Waals surface area contributed by atoms with Crippen LogP contribution in [0.15, 0.2) is 35.1 Å². The third-order valence-electron chi connectivity index (χ3n) is 4.43. The number of hydrogen-bond acceptors (Lipinski definition) is 7. The Balaban J connectivity index is 1.63. The van der Waals surface area contributed by atoms with Crippen LogP contribution >= 0.6 is 11.3 Å². The molecular weight excluding hydrogens is 424 g/mol. The molecule has 0 aliphatic rings. The van der Waals surface area contributed by atoms with Crippen molar-refractivity contribution in [2.45, 2.75) is 32.4 Å². The number of benzene rings is 1. The van der Waals surface area contributed by atoms with Crippen molar-refractivity contribution < 1.29 is 24.6 Å². The van der Waals surface area contributed by atoms with E-state index < -0.39 is 23.9 Å². The summed E-state index contributed by atoms with van der Waals surface area (Å²) in [5, 5.41) is 23.9. The lowest BCUT2D eigenvalue weighted by molar-refractivity contribution is -0.140. The zero-order valence-electron chi connectivity index (χ0n) is 16.5. The fourth-order valence-electron chi connectivity index (χ4n) is 2.90. The molecule has 0 bridgehead atoms. The van der Waals surface area contributed by atoms with Gasteiger partial charge in [-0.2, -0.15) is 0 Å². The van der Waals surface area contributed by atoms with E-state index in [1.807, 2.05) is 0 Å². The average Bonchev–Trinajstić information content (AvgIpc) is 3.18. The molecule has 2 aromatic heterocycles. The van der Waals surface area contributed by atoms with Gasteiger partial charge in [0.2, 0.25) is 0 Å². The highest BCUT2D eigenvalue weighted by Gasteiger charge is 2.22. The van der Waals surface area contributed by atoms with Crippen LogP contribution in [-0.4, -0.2) is 44.1 Å². The van der Waals surface area contributed by atoms with E-state index in [-0.39, 0.29) is 18.4 Å². The van der Waals surface area contributed by atoms with E-state index in [2.05, 4.69) is 20.6 Å². The van der Waals surface area contributed by atoms with Crippen molar-refractivity contribution in [2.24, 2.45) is 0 Å². The van der Waals surface area contributed by atoms with Gasteiger partial charge in [-0.3, -0.25) is 14.4 Å². The maximum absolute atomic E-state index is 12.3. The normalized spacial score (nSPS) is 11.8. The summed E-state index contributed by atoms with van der Waals surface area (Å²) in [6.45, 7) is 2.10. The second-order valence-electron chi connectivity index (χ2n) is 6.80. The van der Waals surface area contributed by atoms with E-state index in [9.17, 15) is 19.2 Å². The third-order valence-corrected chi connectivity index (χ3v) is 5.51. The van der Waals surface area contributed by atoms with Gasteiger partial charge >= 0.3 is 11.9 Å². The van der Waals surface area contributed by atoms with E-state index >= 15 is 0 Å². The van der Waals surface area contributed by atoms with Crippen molar-refractivity contribution in [3.63, 3.8) is 0 Å². The van der Waals surface area contributed by atoms with Gasteiger partial charge < -0.3 is 25.8 Å². The predicted molar refractivity (Wildman–Crippen MR) is 115 cm³/mol. The number of nitrogens with zero attached hydrogens (tertiary/aromatic N) is 1. The quantitative estimate of drug-likeness (QED) is 0.334. The number of fused-ring (bicyclic) bond motifs is 1. The van der Waals surface area contributed by atoms with Crippen LogP contribution in [0.4, 0.5) is 5.69 Å². The van der Waals surface area contributed by atoms with Crippen LogP contribution in [0.25, 0.3) is 10.9 Å². The number of carboxylic acids is 2. The molecule has 0 radical (unpaired) electrons. The number of hydrogen-bond donors (Lipinski definition) is 5. The summed E-state index contributed by atoms with van der Waals surface area (Å²) >= 11 is 1.18. The van der Waals surface area contributed by atoms with Crippen LogP contribution < -0.4 is 16.2 Å². The maximum Gasteiger partial charge on any atom is 0.326 e. The van der Waals surface area contributed by atoms with Crippen LogP contribution in [-0.2, 0) is 16.1 Å². The van der Waals surface area contributed by atoms with Crippen LogP contribution in [0.5, 0.6) is 0 Å². The van der Waals surface area contributed by atoms with Crippen LogP contribution in [0.1, 0.15) is 33.2 Å². The molecule has 31 heavy (non-hydrogen) atoms. The summed E-state index contributed by atoms with van der Waals surface area (Å²) in [5.41, 5.74) is 1.08. The fourth-order valence-corrected chi connectivity index (χ4v) is 3.75. The first-order chi connectivity index (χ1) is 14.7. The SMILES string of the molecule is Cc1nc2ccc(NCc3ccc(C(=O)N[C@@H](CCC(=O)O)C(=O)O)s3)cc2c(=O)[nH]1. The van der Waals surface area contributed by atoms with E-state index in [0.29, 0.717) is 33.8 Å². The van der Waals surface area contributed by atoms with Gasteiger partial charge in [0.15, 0.2) is 0 Å². The van der Waals surface area contributed by atoms with Gasteiger partial charge in [0.05, 0.1) is 15.8 Å². The van der Waals surface area contributed by atoms with Gasteiger partial charge in [0.25, 0.3) is 11.5 Å². The molecule has 0 aliphatic carbocycles. The Morgan fingerprint density at radius 3 is 2.68 bits per heavy atom. The number of rotatable bonds is 9. The number of carboxylic acid groups (broad SMARTS) is 2. The molecule has 0 saturated heterocycles. The Hall–Kier alpha value is -3.73. The number of anilines is 1. The number of amides is 1. The molecule has 0 spiro atoms. The van der Waals surface area contributed by atoms with Crippen molar-refractivity contribution in [3.05, 3.63) is 56.3 Å². The molecule has 0 unspecified atom stereocenters. The zero-order chi connectivity index (χ0) is 22.5. The number of thiophene rings is 1. The maximum atomic E-state index is 12.3. The van der Waals surface area contributed by atoms with Crippen molar-refractivity contribution >= 4 is 45.8 Å². The summed E-state index contributed by atoms with van der Waals surface area (Å²) in [4.78, 5) is 54.4. The molecule has 162 valence electrons. The van der Waals surface area contributed by atoms with Gasteiger partial charge in [-0.15, -0.1) is 11.3 Å². The van der Waals surface area contributed by atoms with E-state index in [1.165, 1.54) is 11.3 Å². The second-order valence-corrected chi connectivity index (χ2v) is 7.97. The first-order valence-electron chi connectivity index (χ1n) is 9.31. The molecule has 10 nitrogen and oxygen atoms in total. The highest BCUT2D eigenvalue weighted by atomic mass is 32.1. The molecule has 3 rings (SSSR count). The topological polar surface area (TPSA) is 161 Å². The minimum Gasteiger partial charge on any atom is -0.481 e. The number of aromatic amines is 1. The van der Waals surface area contributed by atoms with Crippen LogP contribution in [0.3, 0.4) is 0 Å². The molecule has 2 heterocycles. The molecule has 3 aromatic rings. The second kappa shape index (κ2) is 9.39. The third kappa shape index (κ3) is 5.66. The number of carbonyl (C=O) groups excluding carboxylic acids is 1. The number of nitrogens with one attached hydrogen (secondary N) is 3. The lowest BCUT2D eigenvalue weighted by Gasteiger charge is -2.12. The molecule has 0 aliphatic heterocycles. The Morgan fingerprint density at radius 1 is 1.19 bits per heavy atom. The van der Waals surface area contributed by atoms with Gasteiger partial charge in [-0.05, 0) is 43.7 Å². The molecule has 0 saturated carbocycles. The number of carbonyl (C=O) groups is 3. The largest absolute Gasteiger partial charge is 0.481 e. The van der Waals surface area contributed by atoms with E-state index in [1.54, 1.807) is 37.3 Å². The Morgan fingerprint density at radius 2 is 1.97 bits per heavy atom. The molecular formula is C20H20N4O6S. The minimum atomic E-state index is -1.29. The van der Waals surface area contributed by atoms with Crippen LogP contribution in [0.2, 0.25) is 0 Å². The summed E-state index contributed by atoms with van der Waals surface area (Å²) in [7, 11) is 0. The summed E-state index contributed by atoms with van der Waals surface area (Å²) in [6.07, 6.45) is -0.563. The van der Waals surface area contributed by atoms with Crippen molar-refractivity contribution in [1.82, 2.24) is 15.3 Å². The molecule has 1 aromatic carbocycles. The van der Waals surface area contributed by atoms with Gasteiger partial charge in [0.1, 0.15) is 11.9 Å². The average molecular weight is 444 g/mol. The Kier molecular flexibility index (Phi) is 6.65. The van der Waals surface area contributed by atoms with Gasteiger partial charge in [-0.25, -0.2) is 9.78 Å². The first kappa shape index (κ1) is 22.0. The number of H-pyrrole nitrogens is 1. The van der Waals surface area contributed by atoms with E-state index in [4.69, 9.17) is 10.2 Å². The number of aliphatic carboxylic acids is 2. The molecule has 1 amide bonds. The van der Waals surface area contributed by atoms with Gasteiger partial charge in [-0.1, -0.05) is 0 Å². The standard InChI is InChI=1S/C20H20N4O6S/c1-10-22-14-4-2-11(8-13(14)18(27)23-10)21-9-12-3-6-16(31-12)19(28)24-15(20(29)30)5-7-17(25)26/h2-4,6,8,15,21H,5,7,9H2,1H3,(H,24,28)(H,25,26)(H,29,30)(H,22,23,27)/t15-/m0/s1. The summed E-state index contributed by atoms with van der Waals surface area (Å²) in [6, 6.07) is 7.27. The predicted octanol–water partition coefficient (Wildman–Crippen LogP) is 1.95. The lowest BCUT2D eigenvalue weighted by atomic mass is 10.1. The Bertz CT molecular complexity index is 1200. The molecule has 1 atom stereocenters. The highest BCUT2D eigenvalue weighted by molar-refractivity contribution is 7.14. The molecule has 11 heteroatoms. The molecule has 0 fully saturated rings.